The molecule has 0 aliphatic carbocycles. The van der Waals surface area contributed by atoms with Crippen molar-refractivity contribution in [3.63, 3.8) is 0 Å². The molecule has 0 spiro atoms. The van der Waals surface area contributed by atoms with Gasteiger partial charge in [-0.05, 0) is 58.7 Å². The van der Waals surface area contributed by atoms with Gasteiger partial charge >= 0.3 is 24.2 Å². The van der Waals surface area contributed by atoms with Crippen LogP contribution in [0.2, 0.25) is 0 Å². The third-order valence-corrected chi connectivity index (χ3v) is 4.26. The summed E-state index contributed by atoms with van der Waals surface area (Å²) in [6.07, 6.45) is -2.91. The summed E-state index contributed by atoms with van der Waals surface area (Å²) in [5, 5.41) is 3.01. The van der Waals surface area contributed by atoms with Gasteiger partial charge in [0.15, 0.2) is 11.5 Å². The molecular weight excluding hydrogens is 462 g/mol. The molecule has 0 radical (unpaired) electrons. The highest BCUT2D eigenvalue weighted by atomic mass is 16.7. The van der Waals surface area contributed by atoms with Gasteiger partial charge in [0, 0.05) is 13.0 Å². The van der Waals surface area contributed by atoms with E-state index in [0.29, 0.717) is 5.56 Å². The molecule has 11 nitrogen and oxygen atoms in total. The zero-order chi connectivity index (χ0) is 26.5. The SMILES string of the molecule is CCC(=O)OC(C)CN[C@@H](Cc1ccc(OC(=O)OC(C)C)c(OC(=O)OC(C)C)c1)C(=O)OC. The number of hydrogen-bond donors (Lipinski definition) is 1. The maximum atomic E-state index is 12.3. The Hall–Kier alpha value is -3.34. The second-order valence-corrected chi connectivity index (χ2v) is 8.16. The molecule has 0 saturated carbocycles. The first-order valence-electron chi connectivity index (χ1n) is 11.4. The van der Waals surface area contributed by atoms with Crippen LogP contribution in [0.25, 0.3) is 0 Å². The molecule has 196 valence electrons. The van der Waals surface area contributed by atoms with Gasteiger partial charge in [0.05, 0.1) is 19.3 Å². The fourth-order valence-electron chi connectivity index (χ4n) is 2.73. The molecule has 11 heteroatoms. The molecular formula is C24H35NO10. The average molecular weight is 498 g/mol. The van der Waals surface area contributed by atoms with E-state index < -0.39 is 42.6 Å². The summed E-state index contributed by atoms with van der Waals surface area (Å²) in [4.78, 5) is 47.8. The van der Waals surface area contributed by atoms with Gasteiger partial charge < -0.3 is 33.7 Å². The Kier molecular flexibility index (Phi) is 12.6. The van der Waals surface area contributed by atoms with Gasteiger partial charge in [-0.3, -0.25) is 9.59 Å². The van der Waals surface area contributed by atoms with E-state index in [2.05, 4.69) is 5.32 Å². The molecule has 2 atom stereocenters. The van der Waals surface area contributed by atoms with E-state index in [9.17, 15) is 19.2 Å². The average Bonchev–Trinajstić information content (AvgIpc) is 2.76. The molecule has 1 aromatic rings. The number of rotatable bonds is 12. The van der Waals surface area contributed by atoms with Crippen molar-refractivity contribution in [1.29, 1.82) is 0 Å². The third-order valence-electron chi connectivity index (χ3n) is 4.26. The number of methoxy groups -OCH3 is 1. The third kappa shape index (κ3) is 11.6. The Labute approximate surface area is 205 Å². The Morgan fingerprint density at radius 3 is 1.94 bits per heavy atom. The molecule has 1 N–H and O–H groups in total. The number of carbonyl (C=O) groups excluding carboxylic acids is 4. The smallest absolute Gasteiger partial charge is 0.468 e. The van der Waals surface area contributed by atoms with Crippen molar-refractivity contribution in [1.82, 2.24) is 5.32 Å². The van der Waals surface area contributed by atoms with Crippen LogP contribution in [0.15, 0.2) is 18.2 Å². The summed E-state index contributed by atoms with van der Waals surface area (Å²) in [5.74, 6) is -1.05. The van der Waals surface area contributed by atoms with Crippen LogP contribution < -0.4 is 14.8 Å². The van der Waals surface area contributed by atoms with Crippen LogP contribution >= 0.6 is 0 Å². The minimum Gasteiger partial charge on any atom is -0.468 e. The number of hydrogen-bond acceptors (Lipinski definition) is 11. The van der Waals surface area contributed by atoms with E-state index in [0.717, 1.165) is 0 Å². The largest absolute Gasteiger partial charge is 0.514 e. The predicted molar refractivity (Wildman–Crippen MR) is 124 cm³/mol. The second-order valence-electron chi connectivity index (χ2n) is 8.16. The lowest BCUT2D eigenvalue weighted by molar-refractivity contribution is -0.147. The van der Waals surface area contributed by atoms with Crippen LogP contribution in [0.5, 0.6) is 11.5 Å². The fourth-order valence-corrected chi connectivity index (χ4v) is 2.73. The highest BCUT2D eigenvalue weighted by Gasteiger charge is 2.23. The van der Waals surface area contributed by atoms with E-state index in [1.54, 1.807) is 47.6 Å². The lowest BCUT2D eigenvalue weighted by Crippen LogP contribution is -2.43. The normalized spacial score (nSPS) is 12.5. The van der Waals surface area contributed by atoms with Crippen molar-refractivity contribution in [2.75, 3.05) is 13.7 Å². The summed E-state index contributed by atoms with van der Waals surface area (Å²) in [6, 6.07) is 3.65. The predicted octanol–water partition coefficient (Wildman–Crippen LogP) is 3.55. The van der Waals surface area contributed by atoms with Crippen LogP contribution in [-0.2, 0) is 35.0 Å². The Morgan fingerprint density at radius 1 is 0.857 bits per heavy atom. The molecule has 0 aromatic heterocycles. The first-order chi connectivity index (χ1) is 16.4. The van der Waals surface area contributed by atoms with Gasteiger partial charge in [-0.2, -0.15) is 0 Å². The molecule has 0 aliphatic rings. The Morgan fingerprint density at radius 2 is 1.43 bits per heavy atom. The lowest BCUT2D eigenvalue weighted by atomic mass is 10.0. The molecule has 0 amide bonds. The van der Waals surface area contributed by atoms with E-state index in [1.165, 1.54) is 19.2 Å². The molecule has 0 bridgehead atoms. The standard InChI is InChI=1S/C24H35NO10/c1-8-21(26)33-16(6)13-25-18(22(27)30-7)11-17-9-10-19(34-23(28)31-14(2)3)20(12-17)35-24(29)32-15(4)5/h9-10,12,14-16,18,25H,8,11,13H2,1-7H3/t16?,18-/m0/s1. The highest BCUT2D eigenvalue weighted by molar-refractivity contribution is 5.76. The van der Waals surface area contributed by atoms with Gasteiger partial charge in [-0.1, -0.05) is 13.0 Å². The zero-order valence-electron chi connectivity index (χ0n) is 21.2. The van der Waals surface area contributed by atoms with Crippen LogP contribution in [0, 0.1) is 0 Å². The summed E-state index contributed by atoms with van der Waals surface area (Å²) < 4.78 is 30.4. The van der Waals surface area contributed by atoms with Crippen molar-refractivity contribution in [3.05, 3.63) is 23.8 Å². The number of benzene rings is 1. The van der Waals surface area contributed by atoms with Crippen LogP contribution in [-0.4, -0.2) is 62.3 Å². The number of esters is 2. The molecule has 1 rings (SSSR count). The van der Waals surface area contributed by atoms with Crippen molar-refractivity contribution >= 4 is 24.2 Å². The van der Waals surface area contributed by atoms with Crippen LogP contribution in [0.1, 0.15) is 53.5 Å². The van der Waals surface area contributed by atoms with Gasteiger partial charge in [0.25, 0.3) is 0 Å². The number of nitrogens with one attached hydrogen (secondary N) is 1. The van der Waals surface area contributed by atoms with E-state index in [4.69, 9.17) is 28.4 Å². The maximum Gasteiger partial charge on any atom is 0.514 e. The number of ether oxygens (including phenoxy) is 6. The molecule has 35 heavy (non-hydrogen) atoms. The second kappa shape index (κ2) is 14.8. The topological polar surface area (TPSA) is 136 Å². The lowest BCUT2D eigenvalue weighted by Gasteiger charge is -2.20. The van der Waals surface area contributed by atoms with Crippen molar-refractivity contribution in [2.24, 2.45) is 0 Å². The van der Waals surface area contributed by atoms with Crippen LogP contribution in [0.3, 0.4) is 0 Å². The summed E-state index contributed by atoms with van der Waals surface area (Å²) in [5.41, 5.74) is 0.558. The molecule has 1 aromatic carbocycles. The van der Waals surface area contributed by atoms with Crippen LogP contribution in [0.4, 0.5) is 9.59 Å². The van der Waals surface area contributed by atoms with Crippen molar-refractivity contribution in [2.45, 2.75) is 78.7 Å². The minimum absolute atomic E-state index is 0.0669. The Balaban J connectivity index is 3.08. The molecule has 0 aliphatic heterocycles. The summed E-state index contributed by atoms with van der Waals surface area (Å²) in [7, 11) is 1.26. The van der Waals surface area contributed by atoms with Gasteiger partial charge in [-0.15, -0.1) is 0 Å². The first-order valence-corrected chi connectivity index (χ1v) is 11.4. The van der Waals surface area contributed by atoms with E-state index >= 15 is 0 Å². The van der Waals surface area contributed by atoms with Gasteiger partial charge in [0.1, 0.15) is 12.1 Å². The van der Waals surface area contributed by atoms with E-state index in [-0.39, 0.29) is 36.9 Å². The maximum absolute atomic E-state index is 12.3. The van der Waals surface area contributed by atoms with Crippen molar-refractivity contribution in [3.8, 4) is 11.5 Å². The number of carbonyl (C=O) groups is 4. The minimum atomic E-state index is -0.992. The zero-order valence-corrected chi connectivity index (χ0v) is 21.2. The monoisotopic (exact) mass is 497 g/mol. The van der Waals surface area contributed by atoms with Crippen molar-refractivity contribution < 1.29 is 47.6 Å². The van der Waals surface area contributed by atoms with Gasteiger partial charge in [0.2, 0.25) is 0 Å². The first kappa shape index (κ1) is 29.7. The quantitative estimate of drug-likeness (QED) is 0.258. The highest BCUT2D eigenvalue weighted by Crippen LogP contribution is 2.30. The molecule has 0 saturated heterocycles. The fraction of sp³-hybridized carbons (Fsp3) is 0.583. The Bertz CT molecular complexity index is 868. The molecule has 0 heterocycles. The van der Waals surface area contributed by atoms with E-state index in [1.807, 2.05) is 0 Å². The molecule has 0 fully saturated rings. The summed E-state index contributed by atoms with van der Waals surface area (Å²) >= 11 is 0. The summed E-state index contributed by atoms with van der Waals surface area (Å²) in [6.45, 7) is 10.2. The van der Waals surface area contributed by atoms with Gasteiger partial charge in [-0.25, -0.2) is 9.59 Å². The molecule has 1 unspecified atom stereocenters.